The number of carbonyl (C=O) groups excluding carboxylic acids is 1. The van der Waals surface area contributed by atoms with Crippen molar-refractivity contribution in [2.75, 3.05) is 31.2 Å². The average Bonchev–Trinajstić information content (AvgIpc) is 3.00. The highest BCUT2D eigenvalue weighted by Gasteiger charge is 2.15. The SMILES string of the molecule is CC(=O)O.NC(=O)N(c1cccnc1)c1cccc(CCCCOCCCCCCNC[C@H](O)c2ccc(O)c(CO)c2)c1. The number of nitrogens with two attached hydrogens (primary N) is 1. The number of benzene rings is 2. The number of phenols is 1. The van der Waals surface area contributed by atoms with E-state index in [0.29, 0.717) is 23.4 Å². The first-order chi connectivity index (χ1) is 21.2. The second-order valence-corrected chi connectivity index (χ2v) is 10.3. The van der Waals surface area contributed by atoms with Crippen LogP contribution in [0.2, 0.25) is 0 Å². The number of aliphatic carboxylic acids is 1. The molecule has 0 aliphatic carbocycles. The summed E-state index contributed by atoms with van der Waals surface area (Å²) in [6.07, 6.45) is 9.71. The summed E-state index contributed by atoms with van der Waals surface area (Å²) in [7, 11) is 0. The minimum absolute atomic E-state index is 0.0357. The zero-order valence-electron chi connectivity index (χ0n) is 25.4. The van der Waals surface area contributed by atoms with E-state index in [4.69, 9.17) is 20.4 Å². The van der Waals surface area contributed by atoms with Crippen LogP contribution in [-0.4, -0.2) is 63.7 Å². The topological polar surface area (TPSA) is 178 Å². The summed E-state index contributed by atoms with van der Waals surface area (Å²) < 4.78 is 5.80. The number of urea groups is 1. The maximum atomic E-state index is 12.1. The quantitative estimate of drug-likeness (QED) is 0.110. The Labute approximate surface area is 259 Å². The number of nitrogens with zero attached hydrogens (tertiary/aromatic N) is 2. The van der Waals surface area contributed by atoms with Gasteiger partial charge in [0.15, 0.2) is 0 Å². The number of carbonyl (C=O) groups is 2. The fraction of sp³-hybridized carbons (Fsp3) is 0.424. The number of hydrogen-bond donors (Lipinski definition) is 6. The van der Waals surface area contributed by atoms with E-state index in [9.17, 15) is 20.1 Å². The van der Waals surface area contributed by atoms with E-state index in [1.807, 2.05) is 18.2 Å². The number of primary amides is 1. The first-order valence-corrected chi connectivity index (χ1v) is 14.9. The number of hydrogen-bond acceptors (Lipinski definition) is 8. The predicted molar refractivity (Wildman–Crippen MR) is 170 cm³/mol. The molecule has 2 amide bonds. The molecule has 0 unspecified atom stereocenters. The van der Waals surface area contributed by atoms with Crippen molar-refractivity contribution in [3.63, 3.8) is 0 Å². The molecule has 0 saturated heterocycles. The number of aliphatic hydroxyl groups is 2. The molecule has 3 rings (SSSR count). The Bertz CT molecular complexity index is 1260. The molecule has 1 aromatic heterocycles. The van der Waals surface area contributed by atoms with Crippen LogP contribution in [0.3, 0.4) is 0 Å². The van der Waals surface area contributed by atoms with Gasteiger partial charge in [-0.25, -0.2) is 4.79 Å². The number of unbranched alkanes of at least 4 members (excludes halogenated alkanes) is 4. The summed E-state index contributed by atoms with van der Waals surface area (Å²) in [6.45, 7) is 3.57. The van der Waals surface area contributed by atoms with Crippen molar-refractivity contribution in [1.29, 1.82) is 0 Å². The van der Waals surface area contributed by atoms with E-state index in [0.717, 1.165) is 82.9 Å². The standard InChI is InChI=1S/C31H42N4O5.C2H4O2/c32-31(39)35(28-12-8-16-33-21-28)27-11-7-10-24(19-27)9-3-6-18-40-17-5-2-1-4-15-34-22-30(38)25-13-14-29(37)26(20-25)23-36;1-2(3)4/h7-8,10-14,16,19-21,30,34,36-38H,1-6,9,15,17-18,22-23H2,(H2,32,39);1H3,(H,3,4)/t30-;/m0./s1. The number of ether oxygens (including phenoxy) is 1. The summed E-state index contributed by atoms with van der Waals surface area (Å²) in [5, 5.41) is 39.9. The largest absolute Gasteiger partial charge is 0.508 e. The van der Waals surface area contributed by atoms with Gasteiger partial charge in [0, 0.05) is 38.4 Å². The molecule has 0 radical (unpaired) electrons. The normalized spacial score (nSPS) is 11.3. The minimum atomic E-state index is -0.833. The number of nitrogens with one attached hydrogen (secondary N) is 1. The van der Waals surface area contributed by atoms with Crippen LogP contribution in [0.15, 0.2) is 67.0 Å². The molecule has 44 heavy (non-hydrogen) atoms. The van der Waals surface area contributed by atoms with Crippen LogP contribution in [-0.2, 0) is 22.6 Å². The van der Waals surface area contributed by atoms with Gasteiger partial charge in [-0.05, 0) is 86.2 Å². The first-order valence-electron chi connectivity index (χ1n) is 14.9. The van der Waals surface area contributed by atoms with Gasteiger partial charge in [-0.15, -0.1) is 0 Å². The molecule has 2 aromatic carbocycles. The lowest BCUT2D eigenvalue weighted by atomic mass is 10.1. The fourth-order valence-corrected chi connectivity index (χ4v) is 4.48. The average molecular weight is 611 g/mol. The molecule has 0 aliphatic rings. The molecule has 0 fully saturated rings. The van der Waals surface area contributed by atoms with Gasteiger partial charge >= 0.3 is 6.03 Å². The van der Waals surface area contributed by atoms with Crippen molar-refractivity contribution < 1.29 is 34.8 Å². The lowest BCUT2D eigenvalue weighted by Crippen LogP contribution is -2.31. The molecule has 3 aromatic rings. The van der Waals surface area contributed by atoms with Gasteiger partial charge < -0.3 is 36.2 Å². The van der Waals surface area contributed by atoms with Crippen molar-refractivity contribution in [1.82, 2.24) is 10.3 Å². The van der Waals surface area contributed by atoms with Crippen LogP contribution in [0.25, 0.3) is 0 Å². The Morgan fingerprint density at radius 2 is 1.68 bits per heavy atom. The van der Waals surface area contributed by atoms with Crippen LogP contribution >= 0.6 is 0 Å². The first kappa shape index (κ1) is 36.2. The lowest BCUT2D eigenvalue weighted by molar-refractivity contribution is -0.134. The summed E-state index contributed by atoms with van der Waals surface area (Å²) in [5.41, 5.74) is 9.24. The van der Waals surface area contributed by atoms with Gasteiger partial charge in [0.25, 0.3) is 5.97 Å². The van der Waals surface area contributed by atoms with E-state index in [1.54, 1.807) is 36.7 Å². The Hall–Kier alpha value is -4.03. The number of aryl methyl sites for hydroxylation is 1. The highest BCUT2D eigenvalue weighted by atomic mass is 16.5. The second kappa shape index (κ2) is 20.8. The Morgan fingerprint density at radius 3 is 2.36 bits per heavy atom. The summed E-state index contributed by atoms with van der Waals surface area (Å²) in [4.78, 5) is 26.6. The molecular weight excluding hydrogens is 564 g/mol. The zero-order chi connectivity index (χ0) is 32.2. The van der Waals surface area contributed by atoms with Gasteiger partial charge in [-0.2, -0.15) is 0 Å². The summed E-state index contributed by atoms with van der Waals surface area (Å²) in [5.74, 6) is -0.798. The third-order valence-corrected chi connectivity index (χ3v) is 6.69. The maximum absolute atomic E-state index is 12.1. The Morgan fingerprint density at radius 1 is 0.977 bits per heavy atom. The van der Waals surface area contributed by atoms with Gasteiger partial charge in [-0.1, -0.05) is 31.0 Å². The van der Waals surface area contributed by atoms with Crippen molar-refractivity contribution in [2.45, 2.75) is 64.6 Å². The predicted octanol–water partition coefficient (Wildman–Crippen LogP) is 4.81. The van der Waals surface area contributed by atoms with E-state index in [1.165, 1.54) is 11.0 Å². The van der Waals surface area contributed by atoms with Crippen LogP contribution in [0, 0.1) is 0 Å². The monoisotopic (exact) mass is 610 g/mol. The molecule has 0 saturated carbocycles. The number of carboxylic acid groups (broad SMARTS) is 1. The van der Waals surface area contributed by atoms with E-state index >= 15 is 0 Å². The highest BCUT2D eigenvalue weighted by molar-refractivity contribution is 5.98. The minimum Gasteiger partial charge on any atom is -0.508 e. The Balaban J connectivity index is 0.00000159. The van der Waals surface area contributed by atoms with E-state index in [-0.39, 0.29) is 12.4 Å². The third-order valence-electron chi connectivity index (χ3n) is 6.69. The van der Waals surface area contributed by atoms with E-state index < -0.39 is 18.1 Å². The van der Waals surface area contributed by atoms with E-state index in [2.05, 4.69) is 16.4 Å². The molecule has 0 bridgehead atoms. The summed E-state index contributed by atoms with van der Waals surface area (Å²) in [6, 6.07) is 15.7. The van der Waals surface area contributed by atoms with Gasteiger partial charge in [0.1, 0.15) is 5.75 Å². The number of anilines is 2. The number of carboxylic acids is 1. The number of aromatic nitrogens is 1. The molecule has 1 heterocycles. The number of rotatable bonds is 18. The van der Waals surface area contributed by atoms with Crippen LogP contribution in [0.5, 0.6) is 5.75 Å². The molecular formula is C33H46N4O7. The van der Waals surface area contributed by atoms with Crippen LogP contribution in [0.4, 0.5) is 16.2 Å². The molecule has 240 valence electrons. The van der Waals surface area contributed by atoms with Gasteiger partial charge in [0.05, 0.1) is 30.3 Å². The molecule has 1 atom stereocenters. The van der Waals surface area contributed by atoms with Gasteiger partial charge in [-0.3, -0.25) is 14.7 Å². The van der Waals surface area contributed by atoms with Crippen LogP contribution < -0.4 is 16.0 Å². The fourth-order valence-electron chi connectivity index (χ4n) is 4.48. The third kappa shape index (κ3) is 14.0. The maximum Gasteiger partial charge on any atom is 0.323 e. The molecule has 11 nitrogen and oxygen atoms in total. The smallest absolute Gasteiger partial charge is 0.323 e. The van der Waals surface area contributed by atoms with Crippen molar-refractivity contribution in [3.8, 4) is 5.75 Å². The summed E-state index contributed by atoms with van der Waals surface area (Å²) >= 11 is 0. The second-order valence-electron chi connectivity index (χ2n) is 10.3. The number of pyridine rings is 1. The number of aromatic hydroxyl groups is 1. The van der Waals surface area contributed by atoms with Crippen LogP contribution in [0.1, 0.15) is 68.2 Å². The molecule has 7 N–H and O–H groups in total. The van der Waals surface area contributed by atoms with Crippen molar-refractivity contribution in [2.24, 2.45) is 5.73 Å². The number of aliphatic hydroxyl groups excluding tert-OH is 2. The van der Waals surface area contributed by atoms with Crippen molar-refractivity contribution in [3.05, 3.63) is 83.7 Å². The van der Waals surface area contributed by atoms with Crippen molar-refractivity contribution >= 4 is 23.4 Å². The zero-order valence-corrected chi connectivity index (χ0v) is 25.4. The lowest BCUT2D eigenvalue weighted by Gasteiger charge is -2.20. The highest BCUT2D eigenvalue weighted by Crippen LogP contribution is 2.26. The molecule has 11 heteroatoms. The Kier molecular flexibility index (Phi) is 17.1. The molecule has 0 aliphatic heterocycles. The number of amides is 2. The van der Waals surface area contributed by atoms with Gasteiger partial charge in [0.2, 0.25) is 0 Å². The molecule has 0 spiro atoms.